The van der Waals surface area contributed by atoms with Gasteiger partial charge in [-0.05, 0) is 42.5 Å². The molecule has 0 spiro atoms. The van der Waals surface area contributed by atoms with Crippen LogP contribution in [0.1, 0.15) is 42.7 Å². The smallest absolute Gasteiger partial charge is 0.356 e. The van der Waals surface area contributed by atoms with Gasteiger partial charge in [0.2, 0.25) is 5.95 Å². The van der Waals surface area contributed by atoms with Gasteiger partial charge in [-0.2, -0.15) is 0 Å². The number of aromatic nitrogens is 2. The molecule has 0 bridgehead atoms. The van der Waals surface area contributed by atoms with E-state index in [0.717, 1.165) is 44.0 Å². The van der Waals surface area contributed by atoms with E-state index < -0.39 is 5.97 Å². The van der Waals surface area contributed by atoms with Crippen molar-refractivity contribution in [1.29, 1.82) is 0 Å². The highest BCUT2D eigenvalue weighted by Gasteiger charge is 2.21. The Labute approximate surface area is 183 Å². The first-order valence-electron chi connectivity index (χ1n) is 10.7. The standard InChI is InChI=1S/C23H32N4O4/c1-16(2)15-31-21-13-17(5-6-20(21)29-3)14-27-11-8-18(9-12-27)25-23-24-10-7-19(26-23)22(28)30-4/h5-7,10,13,16,18H,8-9,11-12,14-15H2,1-4H3,(H,24,25,26). The first-order valence-corrected chi connectivity index (χ1v) is 10.7. The van der Waals surface area contributed by atoms with Crippen molar-refractivity contribution in [1.82, 2.24) is 14.9 Å². The molecule has 0 atom stereocenters. The molecule has 0 radical (unpaired) electrons. The average Bonchev–Trinajstić information content (AvgIpc) is 2.78. The summed E-state index contributed by atoms with van der Waals surface area (Å²) in [6, 6.07) is 7.97. The fourth-order valence-electron chi connectivity index (χ4n) is 3.51. The van der Waals surface area contributed by atoms with Crippen molar-refractivity contribution in [3.63, 3.8) is 0 Å². The summed E-state index contributed by atoms with van der Waals surface area (Å²) in [6.45, 7) is 7.71. The minimum Gasteiger partial charge on any atom is -0.493 e. The van der Waals surface area contributed by atoms with Crippen LogP contribution in [-0.2, 0) is 11.3 Å². The molecule has 0 aliphatic carbocycles. The van der Waals surface area contributed by atoms with E-state index in [1.807, 2.05) is 6.07 Å². The van der Waals surface area contributed by atoms with Crippen molar-refractivity contribution in [2.75, 3.05) is 39.2 Å². The Kier molecular flexibility index (Phi) is 8.06. The first kappa shape index (κ1) is 22.8. The zero-order valence-corrected chi connectivity index (χ0v) is 18.8. The Morgan fingerprint density at radius 1 is 1.19 bits per heavy atom. The molecule has 3 rings (SSSR count). The van der Waals surface area contributed by atoms with E-state index in [2.05, 4.69) is 46.2 Å². The lowest BCUT2D eigenvalue weighted by Crippen LogP contribution is -2.39. The number of carbonyl (C=O) groups is 1. The average molecular weight is 429 g/mol. The topological polar surface area (TPSA) is 85.8 Å². The zero-order valence-electron chi connectivity index (χ0n) is 18.8. The molecule has 0 amide bonds. The maximum atomic E-state index is 11.6. The molecule has 8 nitrogen and oxygen atoms in total. The van der Waals surface area contributed by atoms with Gasteiger partial charge in [-0.1, -0.05) is 19.9 Å². The van der Waals surface area contributed by atoms with Crippen molar-refractivity contribution >= 4 is 11.9 Å². The monoisotopic (exact) mass is 428 g/mol. The quantitative estimate of drug-likeness (QED) is 0.609. The highest BCUT2D eigenvalue weighted by Crippen LogP contribution is 2.29. The number of hydrogen-bond donors (Lipinski definition) is 1. The fraction of sp³-hybridized carbons (Fsp3) is 0.522. The number of anilines is 1. The van der Waals surface area contributed by atoms with Crippen molar-refractivity contribution in [2.45, 2.75) is 39.3 Å². The number of nitrogens with zero attached hydrogens (tertiary/aromatic N) is 3. The van der Waals surface area contributed by atoms with Gasteiger partial charge in [-0.15, -0.1) is 0 Å². The van der Waals surface area contributed by atoms with Crippen LogP contribution in [0.25, 0.3) is 0 Å². The molecular weight excluding hydrogens is 396 g/mol. The summed E-state index contributed by atoms with van der Waals surface area (Å²) in [5, 5.41) is 3.34. The highest BCUT2D eigenvalue weighted by molar-refractivity contribution is 5.87. The van der Waals surface area contributed by atoms with Crippen LogP contribution >= 0.6 is 0 Å². The van der Waals surface area contributed by atoms with Crippen LogP contribution in [0.5, 0.6) is 11.5 Å². The second-order valence-corrected chi connectivity index (χ2v) is 8.14. The van der Waals surface area contributed by atoms with Crippen LogP contribution in [0.15, 0.2) is 30.5 Å². The van der Waals surface area contributed by atoms with E-state index in [1.54, 1.807) is 19.4 Å². The van der Waals surface area contributed by atoms with E-state index in [-0.39, 0.29) is 11.7 Å². The van der Waals surface area contributed by atoms with E-state index in [1.165, 1.54) is 12.7 Å². The van der Waals surface area contributed by atoms with Crippen molar-refractivity contribution in [3.8, 4) is 11.5 Å². The molecule has 2 aromatic rings. The minimum atomic E-state index is -0.462. The number of carbonyl (C=O) groups excluding carboxylic acids is 1. The number of esters is 1. The van der Waals surface area contributed by atoms with E-state index in [4.69, 9.17) is 14.2 Å². The molecule has 0 saturated carbocycles. The zero-order chi connectivity index (χ0) is 22.2. The van der Waals surface area contributed by atoms with Gasteiger partial charge in [0.05, 0.1) is 20.8 Å². The van der Waals surface area contributed by atoms with Crippen LogP contribution in [-0.4, -0.2) is 60.8 Å². The Hall–Kier alpha value is -2.87. The molecule has 2 heterocycles. The third-order valence-corrected chi connectivity index (χ3v) is 5.18. The summed E-state index contributed by atoms with van der Waals surface area (Å²) in [6.07, 6.45) is 3.51. The second-order valence-electron chi connectivity index (χ2n) is 8.14. The van der Waals surface area contributed by atoms with Crippen LogP contribution in [0, 0.1) is 5.92 Å². The van der Waals surface area contributed by atoms with Gasteiger partial charge in [0.1, 0.15) is 0 Å². The number of ether oxygens (including phenoxy) is 3. The van der Waals surface area contributed by atoms with E-state index in [0.29, 0.717) is 18.5 Å². The highest BCUT2D eigenvalue weighted by atomic mass is 16.5. The molecule has 1 aromatic heterocycles. The van der Waals surface area contributed by atoms with Gasteiger partial charge >= 0.3 is 5.97 Å². The molecule has 1 aromatic carbocycles. The summed E-state index contributed by atoms with van der Waals surface area (Å²) in [5.74, 6) is 2.02. The third-order valence-electron chi connectivity index (χ3n) is 5.18. The van der Waals surface area contributed by atoms with Gasteiger partial charge < -0.3 is 19.5 Å². The molecule has 0 unspecified atom stereocenters. The molecule has 8 heteroatoms. The van der Waals surface area contributed by atoms with Crippen molar-refractivity contribution in [3.05, 3.63) is 41.7 Å². The summed E-state index contributed by atoms with van der Waals surface area (Å²) < 4.78 is 16.1. The predicted molar refractivity (Wildman–Crippen MR) is 119 cm³/mol. The lowest BCUT2D eigenvalue weighted by molar-refractivity contribution is 0.0594. The Morgan fingerprint density at radius 3 is 2.65 bits per heavy atom. The molecule has 1 aliphatic heterocycles. The largest absolute Gasteiger partial charge is 0.493 e. The van der Waals surface area contributed by atoms with Crippen LogP contribution < -0.4 is 14.8 Å². The Morgan fingerprint density at radius 2 is 1.97 bits per heavy atom. The number of piperidine rings is 1. The second kappa shape index (κ2) is 10.9. The number of likely N-dealkylation sites (tertiary alicyclic amines) is 1. The van der Waals surface area contributed by atoms with Gasteiger partial charge in [0.15, 0.2) is 17.2 Å². The molecule has 1 fully saturated rings. The van der Waals surface area contributed by atoms with Crippen LogP contribution in [0.3, 0.4) is 0 Å². The molecule has 1 N–H and O–H groups in total. The first-order chi connectivity index (χ1) is 15.0. The summed E-state index contributed by atoms with van der Waals surface area (Å²) in [5.41, 5.74) is 1.47. The summed E-state index contributed by atoms with van der Waals surface area (Å²) in [7, 11) is 3.01. The predicted octanol–water partition coefficient (Wildman–Crippen LogP) is 3.38. The lowest BCUT2D eigenvalue weighted by atomic mass is 10.0. The van der Waals surface area contributed by atoms with Crippen LogP contribution in [0.2, 0.25) is 0 Å². The van der Waals surface area contributed by atoms with Gasteiger partial charge in [-0.3, -0.25) is 4.90 Å². The normalized spacial score (nSPS) is 15.0. The Bertz CT molecular complexity index is 866. The Balaban J connectivity index is 1.53. The van der Waals surface area contributed by atoms with E-state index >= 15 is 0 Å². The summed E-state index contributed by atoms with van der Waals surface area (Å²) >= 11 is 0. The van der Waals surface area contributed by atoms with Crippen LogP contribution in [0.4, 0.5) is 5.95 Å². The van der Waals surface area contributed by atoms with E-state index in [9.17, 15) is 4.79 Å². The SMILES string of the molecule is COC(=O)c1ccnc(NC2CCN(Cc3ccc(OC)c(OCC(C)C)c3)CC2)n1. The fourth-order valence-corrected chi connectivity index (χ4v) is 3.51. The van der Waals surface area contributed by atoms with Crippen molar-refractivity contribution in [2.24, 2.45) is 5.92 Å². The molecule has 1 saturated heterocycles. The number of benzene rings is 1. The number of methoxy groups -OCH3 is 2. The third kappa shape index (κ3) is 6.55. The van der Waals surface area contributed by atoms with Gasteiger partial charge in [-0.25, -0.2) is 14.8 Å². The molecular formula is C23H32N4O4. The van der Waals surface area contributed by atoms with Gasteiger partial charge in [0, 0.05) is 31.9 Å². The number of hydrogen-bond acceptors (Lipinski definition) is 8. The van der Waals surface area contributed by atoms with Gasteiger partial charge in [0.25, 0.3) is 0 Å². The summed E-state index contributed by atoms with van der Waals surface area (Å²) in [4.78, 5) is 22.5. The number of nitrogens with one attached hydrogen (secondary N) is 1. The molecule has 1 aliphatic rings. The lowest BCUT2D eigenvalue weighted by Gasteiger charge is -2.32. The minimum absolute atomic E-state index is 0.257. The maximum absolute atomic E-state index is 11.6. The maximum Gasteiger partial charge on any atom is 0.356 e. The number of rotatable bonds is 9. The molecule has 31 heavy (non-hydrogen) atoms. The van der Waals surface area contributed by atoms with Crippen molar-refractivity contribution < 1.29 is 19.0 Å². The molecule has 168 valence electrons.